The van der Waals surface area contributed by atoms with Gasteiger partial charge in [-0.3, -0.25) is 9.59 Å². The van der Waals surface area contributed by atoms with Crippen molar-refractivity contribution < 1.29 is 44.2 Å². The number of carboxylic acid groups (broad SMARTS) is 3. The average molecular weight is 381 g/mol. The molecule has 2 atom stereocenters. The predicted octanol–water partition coefficient (Wildman–Crippen LogP) is -0.279. The molecule has 27 heavy (non-hydrogen) atoms. The Labute approximate surface area is 154 Å². The topological polar surface area (TPSA) is 170 Å². The molecular formula is C16H20BNO9. The van der Waals surface area contributed by atoms with E-state index in [1.54, 1.807) is 0 Å². The first-order valence-electron chi connectivity index (χ1n) is 8.42. The van der Waals surface area contributed by atoms with Gasteiger partial charge in [-0.05, 0) is 31.3 Å². The van der Waals surface area contributed by atoms with Crippen molar-refractivity contribution in [2.24, 2.45) is 0 Å². The zero-order valence-corrected chi connectivity index (χ0v) is 14.4. The number of carbonyl (C=O) groups is 4. The first-order valence-corrected chi connectivity index (χ1v) is 8.42. The predicted molar refractivity (Wildman–Crippen MR) is 90.5 cm³/mol. The lowest BCUT2D eigenvalue weighted by Crippen LogP contribution is -2.53. The van der Waals surface area contributed by atoms with Gasteiger partial charge < -0.3 is 30.3 Å². The van der Waals surface area contributed by atoms with Crippen molar-refractivity contribution in [3.63, 3.8) is 0 Å². The van der Waals surface area contributed by atoms with E-state index in [-0.39, 0.29) is 36.0 Å². The standard InChI is InChI=1S/C16H20BNO9/c19-12(18-11-5-4-9(7-13(20)21)27-17(11)26)6-8-2-1-3-10(15(22)23)14(8)16(24)25/h2,9,11,26H,1,3-7H2,(H,18,19)(H,20,21)(H,22,23)(H,24,25). The van der Waals surface area contributed by atoms with Crippen molar-refractivity contribution >= 4 is 30.9 Å². The van der Waals surface area contributed by atoms with Crippen LogP contribution in [0.1, 0.15) is 38.5 Å². The Kier molecular flexibility index (Phi) is 6.75. The van der Waals surface area contributed by atoms with E-state index in [0.717, 1.165) is 0 Å². The van der Waals surface area contributed by atoms with Gasteiger partial charge in [-0.25, -0.2) is 9.59 Å². The van der Waals surface area contributed by atoms with E-state index in [1.807, 2.05) is 0 Å². The van der Waals surface area contributed by atoms with Crippen LogP contribution in [0.3, 0.4) is 0 Å². The van der Waals surface area contributed by atoms with Crippen molar-refractivity contribution in [1.82, 2.24) is 5.32 Å². The quantitative estimate of drug-likeness (QED) is 0.372. The maximum Gasteiger partial charge on any atom is 0.478 e. The molecule has 1 amide bonds. The summed E-state index contributed by atoms with van der Waals surface area (Å²) < 4.78 is 5.17. The number of nitrogens with one attached hydrogen (secondary N) is 1. The molecule has 0 spiro atoms. The summed E-state index contributed by atoms with van der Waals surface area (Å²) in [5, 5.41) is 39.7. The van der Waals surface area contributed by atoms with Crippen LogP contribution in [0.15, 0.2) is 22.8 Å². The molecule has 1 saturated heterocycles. The molecule has 1 fully saturated rings. The van der Waals surface area contributed by atoms with Gasteiger partial charge in [0, 0.05) is 0 Å². The summed E-state index contributed by atoms with van der Waals surface area (Å²) in [4.78, 5) is 45.6. The van der Waals surface area contributed by atoms with Crippen LogP contribution in [0, 0.1) is 0 Å². The van der Waals surface area contributed by atoms with Gasteiger partial charge in [0.25, 0.3) is 0 Å². The SMILES string of the molecule is O=C(O)CC1CCC(NC(=O)CC2=CCCC(C(=O)O)=C2C(=O)O)B(O)O1. The molecule has 1 aliphatic carbocycles. The zero-order valence-electron chi connectivity index (χ0n) is 14.4. The van der Waals surface area contributed by atoms with Crippen LogP contribution in [-0.4, -0.2) is 63.3 Å². The molecule has 11 heteroatoms. The van der Waals surface area contributed by atoms with Gasteiger partial charge in [0.2, 0.25) is 5.91 Å². The van der Waals surface area contributed by atoms with E-state index < -0.39 is 43.0 Å². The molecule has 2 rings (SSSR count). The maximum atomic E-state index is 12.3. The minimum atomic E-state index is -1.41. The van der Waals surface area contributed by atoms with Gasteiger partial charge in [0.15, 0.2) is 0 Å². The fourth-order valence-electron chi connectivity index (χ4n) is 3.24. The number of hydrogen-bond acceptors (Lipinski definition) is 6. The van der Waals surface area contributed by atoms with Crippen molar-refractivity contribution in [2.75, 3.05) is 0 Å². The lowest BCUT2D eigenvalue weighted by molar-refractivity contribution is -0.139. The number of allylic oxidation sites excluding steroid dienone is 1. The number of aliphatic carboxylic acids is 3. The molecule has 5 N–H and O–H groups in total. The van der Waals surface area contributed by atoms with Crippen LogP contribution < -0.4 is 5.32 Å². The van der Waals surface area contributed by atoms with Gasteiger partial charge >= 0.3 is 25.0 Å². The lowest BCUT2D eigenvalue weighted by Gasteiger charge is -2.31. The Morgan fingerprint density at radius 2 is 1.85 bits per heavy atom. The highest BCUT2D eigenvalue weighted by atomic mass is 16.5. The van der Waals surface area contributed by atoms with Crippen LogP contribution in [0.25, 0.3) is 0 Å². The van der Waals surface area contributed by atoms with Crippen molar-refractivity contribution in [3.8, 4) is 0 Å². The molecule has 146 valence electrons. The third-order valence-corrected chi connectivity index (χ3v) is 4.46. The molecule has 1 aliphatic heterocycles. The molecule has 0 radical (unpaired) electrons. The summed E-state index contributed by atoms with van der Waals surface area (Å²) in [6.07, 6.45) is 1.29. The second kappa shape index (κ2) is 8.82. The molecule has 0 aromatic rings. The van der Waals surface area contributed by atoms with Crippen LogP contribution in [0.2, 0.25) is 0 Å². The van der Waals surface area contributed by atoms with Crippen LogP contribution in [-0.2, 0) is 23.8 Å². The Bertz CT molecular complexity index is 715. The van der Waals surface area contributed by atoms with Gasteiger partial charge in [-0.2, -0.15) is 0 Å². The highest BCUT2D eigenvalue weighted by Crippen LogP contribution is 2.28. The van der Waals surface area contributed by atoms with Crippen LogP contribution in [0.4, 0.5) is 0 Å². The summed E-state index contributed by atoms with van der Waals surface area (Å²) in [7, 11) is -1.38. The molecule has 2 aliphatic rings. The molecule has 2 unspecified atom stereocenters. The number of rotatable bonds is 7. The van der Waals surface area contributed by atoms with Crippen LogP contribution >= 0.6 is 0 Å². The van der Waals surface area contributed by atoms with E-state index in [9.17, 15) is 29.3 Å². The molecule has 0 bridgehead atoms. The molecule has 1 heterocycles. The minimum absolute atomic E-state index is 0.0717. The third-order valence-electron chi connectivity index (χ3n) is 4.46. The smallest absolute Gasteiger partial charge is 0.478 e. The molecule has 0 saturated carbocycles. The number of carbonyl (C=O) groups excluding carboxylic acids is 1. The summed E-state index contributed by atoms with van der Waals surface area (Å²) in [5.74, 6) is -5.15. The Hall–Kier alpha value is -2.66. The molecule has 0 aromatic carbocycles. The summed E-state index contributed by atoms with van der Waals surface area (Å²) >= 11 is 0. The summed E-state index contributed by atoms with van der Waals surface area (Å²) in [5.41, 5.74) is -0.519. The van der Waals surface area contributed by atoms with Gasteiger partial charge in [0.05, 0.1) is 36.0 Å². The van der Waals surface area contributed by atoms with E-state index in [2.05, 4.69) is 5.32 Å². The summed E-state index contributed by atoms with van der Waals surface area (Å²) in [6, 6.07) is 0. The maximum absolute atomic E-state index is 12.3. The summed E-state index contributed by atoms with van der Waals surface area (Å²) in [6.45, 7) is 0. The highest BCUT2D eigenvalue weighted by molar-refractivity contribution is 6.45. The fourth-order valence-corrected chi connectivity index (χ4v) is 3.24. The average Bonchev–Trinajstić information content (AvgIpc) is 2.56. The normalized spacial score (nSPS) is 22.9. The lowest BCUT2D eigenvalue weighted by atomic mass is 9.72. The van der Waals surface area contributed by atoms with E-state index in [1.165, 1.54) is 6.08 Å². The minimum Gasteiger partial charge on any atom is -0.481 e. The van der Waals surface area contributed by atoms with Gasteiger partial charge in [-0.1, -0.05) is 6.08 Å². The fraction of sp³-hybridized carbons (Fsp3) is 0.500. The highest BCUT2D eigenvalue weighted by Gasteiger charge is 2.37. The number of hydrogen-bond donors (Lipinski definition) is 5. The molecule has 10 nitrogen and oxygen atoms in total. The first kappa shape index (κ1) is 20.7. The molecular weight excluding hydrogens is 361 g/mol. The first-order chi connectivity index (χ1) is 12.7. The van der Waals surface area contributed by atoms with E-state index in [0.29, 0.717) is 19.3 Å². The van der Waals surface area contributed by atoms with Crippen molar-refractivity contribution in [3.05, 3.63) is 22.8 Å². The van der Waals surface area contributed by atoms with E-state index in [4.69, 9.17) is 14.9 Å². The molecule has 0 aromatic heterocycles. The number of amides is 1. The zero-order chi connectivity index (χ0) is 20.1. The Morgan fingerprint density at radius 1 is 1.15 bits per heavy atom. The monoisotopic (exact) mass is 381 g/mol. The van der Waals surface area contributed by atoms with Crippen molar-refractivity contribution in [2.45, 2.75) is 50.6 Å². The Balaban J connectivity index is 1.99. The Morgan fingerprint density at radius 3 is 2.41 bits per heavy atom. The third kappa shape index (κ3) is 5.41. The number of carboxylic acids is 3. The second-order valence-corrected chi connectivity index (χ2v) is 6.41. The van der Waals surface area contributed by atoms with Crippen LogP contribution in [0.5, 0.6) is 0 Å². The van der Waals surface area contributed by atoms with E-state index >= 15 is 0 Å². The van der Waals surface area contributed by atoms with Gasteiger partial charge in [-0.15, -0.1) is 0 Å². The largest absolute Gasteiger partial charge is 0.481 e. The second-order valence-electron chi connectivity index (χ2n) is 6.41. The van der Waals surface area contributed by atoms with Gasteiger partial charge in [0.1, 0.15) is 0 Å². The van der Waals surface area contributed by atoms with Crippen molar-refractivity contribution in [1.29, 1.82) is 0 Å².